The number of rotatable bonds is 4. The maximum Gasteiger partial charge on any atom is 0.137 e. The molecule has 0 aromatic carbocycles. The van der Waals surface area contributed by atoms with Gasteiger partial charge >= 0.3 is 0 Å². The van der Waals surface area contributed by atoms with Crippen LogP contribution in [-0.4, -0.2) is 16.5 Å². The van der Waals surface area contributed by atoms with Crippen molar-refractivity contribution in [2.45, 2.75) is 39.5 Å². The highest BCUT2D eigenvalue weighted by molar-refractivity contribution is 6.30. The Kier molecular flexibility index (Phi) is 4.33. The van der Waals surface area contributed by atoms with Crippen molar-refractivity contribution in [2.75, 3.05) is 11.9 Å². The molecule has 0 aliphatic carbocycles. The van der Waals surface area contributed by atoms with Gasteiger partial charge in [-0.3, -0.25) is 0 Å². The van der Waals surface area contributed by atoms with Gasteiger partial charge in [0.1, 0.15) is 22.6 Å². The van der Waals surface area contributed by atoms with Gasteiger partial charge < -0.3 is 9.73 Å². The van der Waals surface area contributed by atoms with Crippen molar-refractivity contribution in [3.05, 3.63) is 40.7 Å². The molecule has 0 spiro atoms. The fourth-order valence-electron chi connectivity index (χ4n) is 1.76. The van der Waals surface area contributed by atoms with Crippen LogP contribution in [0.5, 0.6) is 0 Å². The molecule has 0 bridgehead atoms. The molecule has 2 heterocycles. The predicted octanol–water partition coefficient (Wildman–Crippen LogP) is 3.98. The zero-order valence-corrected chi connectivity index (χ0v) is 13.1. The lowest BCUT2D eigenvalue weighted by Gasteiger charge is -2.19. The number of anilines is 1. The minimum atomic E-state index is -0.130. The van der Waals surface area contributed by atoms with Crippen LogP contribution in [0.1, 0.15) is 37.9 Å². The molecule has 2 aromatic heterocycles. The number of furan rings is 1. The van der Waals surface area contributed by atoms with Gasteiger partial charge in [0.25, 0.3) is 0 Å². The molecule has 0 amide bonds. The molecule has 0 atom stereocenters. The molecule has 0 radical (unpaired) electrons. The molecule has 0 aliphatic heterocycles. The molecule has 0 saturated carbocycles. The maximum atomic E-state index is 6.19. The maximum absolute atomic E-state index is 6.19. The predicted molar refractivity (Wildman–Crippen MR) is 81.4 cm³/mol. The van der Waals surface area contributed by atoms with Crippen molar-refractivity contribution in [3.63, 3.8) is 0 Å². The highest BCUT2D eigenvalue weighted by atomic mass is 35.5. The minimum Gasteiger partial charge on any atom is -0.469 e. The van der Waals surface area contributed by atoms with Crippen LogP contribution in [-0.2, 0) is 11.8 Å². The van der Waals surface area contributed by atoms with E-state index in [-0.39, 0.29) is 5.41 Å². The Labute approximate surface area is 124 Å². The zero-order chi connectivity index (χ0) is 14.8. The average molecular weight is 294 g/mol. The number of nitrogens with zero attached hydrogens (tertiary/aromatic N) is 2. The first-order valence-electron chi connectivity index (χ1n) is 6.69. The molecule has 0 aliphatic rings. The van der Waals surface area contributed by atoms with Crippen molar-refractivity contribution in [1.82, 2.24) is 9.97 Å². The van der Waals surface area contributed by atoms with Gasteiger partial charge in [-0.1, -0.05) is 32.4 Å². The Morgan fingerprint density at radius 1 is 1.30 bits per heavy atom. The van der Waals surface area contributed by atoms with Gasteiger partial charge in [0.2, 0.25) is 0 Å². The van der Waals surface area contributed by atoms with Crippen molar-refractivity contribution >= 4 is 17.4 Å². The van der Waals surface area contributed by atoms with E-state index in [9.17, 15) is 0 Å². The van der Waals surface area contributed by atoms with Crippen molar-refractivity contribution in [2.24, 2.45) is 0 Å². The van der Waals surface area contributed by atoms with Gasteiger partial charge in [0.15, 0.2) is 0 Å². The first-order chi connectivity index (χ1) is 9.38. The van der Waals surface area contributed by atoms with Crippen LogP contribution in [0.25, 0.3) is 0 Å². The first-order valence-corrected chi connectivity index (χ1v) is 7.06. The summed E-state index contributed by atoms with van der Waals surface area (Å²) in [6, 6.07) is 3.85. The third-order valence-corrected chi connectivity index (χ3v) is 3.37. The Hall–Kier alpha value is -1.55. The average Bonchev–Trinajstić information content (AvgIpc) is 2.86. The lowest BCUT2D eigenvalue weighted by atomic mass is 9.95. The quantitative estimate of drug-likeness (QED) is 0.866. The Bertz CT molecular complexity index is 574. The summed E-state index contributed by atoms with van der Waals surface area (Å²) in [7, 11) is 0. The summed E-state index contributed by atoms with van der Waals surface area (Å²) in [5, 5.41) is 3.81. The van der Waals surface area contributed by atoms with E-state index in [0.717, 1.165) is 35.9 Å². The van der Waals surface area contributed by atoms with Crippen LogP contribution in [0.15, 0.2) is 22.8 Å². The van der Waals surface area contributed by atoms with Crippen LogP contribution >= 0.6 is 11.6 Å². The number of aromatic nitrogens is 2. The van der Waals surface area contributed by atoms with Crippen LogP contribution in [0.4, 0.5) is 5.82 Å². The highest BCUT2D eigenvalue weighted by Crippen LogP contribution is 2.26. The molecule has 0 saturated heterocycles. The summed E-state index contributed by atoms with van der Waals surface area (Å²) >= 11 is 6.19. The second kappa shape index (κ2) is 5.83. The van der Waals surface area contributed by atoms with Gasteiger partial charge in [-0.05, 0) is 19.1 Å². The van der Waals surface area contributed by atoms with E-state index in [1.807, 2.05) is 19.1 Å². The third kappa shape index (κ3) is 3.51. The monoisotopic (exact) mass is 293 g/mol. The summed E-state index contributed by atoms with van der Waals surface area (Å²) in [5.74, 6) is 2.49. The zero-order valence-electron chi connectivity index (χ0n) is 12.3. The number of hydrogen-bond donors (Lipinski definition) is 1. The molecule has 2 rings (SSSR count). The lowest BCUT2D eigenvalue weighted by Crippen LogP contribution is -2.19. The fourth-order valence-corrected chi connectivity index (χ4v) is 1.93. The largest absolute Gasteiger partial charge is 0.469 e. The first kappa shape index (κ1) is 14.9. The van der Waals surface area contributed by atoms with Crippen LogP contribution in [0.3, 0.4) is 0 Å². The molecule has 5 heteroatoms. The number of halogens is 1. The van der Waals surface area contributed by atoms with Crippen LogP contribution in [0.2, 0.25) is 5.15 Å². The molecule has 4 nitrogen and oxygen atoms in total. The molecule has 2 aromatic rings. The summed E-state index contributed by atoms with van der Waals surface area (Å²) < 4.78 is 5.30. The Morgan fingerprint density at radius 3 is 2.65 bits per heavy atom. The van der Waals surface area contributed by atoms with Crippen molar-refractivity contribution < 1.29 is 4.42 Å². The summed E-state index contributed by atoms with van der Waals surface area (Å²) in [6.45, 7) is 8.87. The van der Waals surface area contributed by atoms with Crippen molar-refractivity contribution in [1.29, 1.82) is 0 Å². The SMILES string of the molecule is Cc1c(Cl)nc(C(C)(C)C)nc1NCCc1ccco1. The van der Waals surface area contributed by atoms with Gasteiger partial charge in [-0.2, -0.15) is 0 Å². The topological polar surface area (TPSA) is 51.0 Å². The highest BCUT2D eigenvalue weighted by Gasteiger charge is 2.20. The Balaban J connectivity index is 2.12. The smallest absolute Gasteiger partial charge is 0.137 e. The van der Waals surface area contributed by atoms with Crippen molar-refractivity contribution in [3.8, 4) is 0 Å². The van der Waals surface area contributed by atoms with E-state index in [1.54, 1.807) is 6.26 Å². The summed E-state index contributed by atoms with van der Waals surface area (Å²) in [5.41, 5.74) is 0.744. The van der Waals surface area contributed by atoms with Gasteiger partial charge in [0, 0.05) is 23.9 Å². The number of nitrogens with one attached hydrogen (secondary N) is 1. The van der Waals surface area contributed by atoms with E-state index in [4.69, 9.17) is 16.0 Å². The fraction of sp³-hybridized carbons (Fsp3) is 0.467. The van der Waals surface area contributed by atoms with Gasteiger partial charge in [-0.25, -0.2) is 9.97 Å². The molecular weight excluding hydrogens is 274 g/mol. The number of hydrogen-bond acceptors (Lipinski definition) is 4. The van der Waals surface area contributed by atoms with E-state index in [0.29, 0.717) is 5.15 Å². The minimum absolute atomic E-state index is 0.130. The standard InChI is InChI=1S/C15H20ClN3O/c1-10-12(16)18-14(15(2,3)4)19-13(10)17-8-7-11-6-5-9-20-11/h5-6,9H,7-8H2,1-4H3,(H,17,18,19). The third-order valence-electron chi connectivity index (χ3n) is 3.00. The van der Waals surface area contributed by atoms with Crippen LogP contribution in [0, 0.1) is 6.92 Å². The molecule has 1 N–H and O–H groups in total. The summed E-state index contributed by atoms with van der Waals surface area (Å²) in [4.78, 5) is 8.94. The molecule has 0 fully saturated rings. The molecule has 108 valence electrons. The van der Waals surface area contributed by atoms with E-state index >= 15 is 0 Å². The normalized spacial score (nSPS) is 11.7. The van der Waals surface area contributed by atoms with E-state index < -0.39 is 0 Å². The van der Waals surface area contributed by atoms with E-state index in [2.05, 4.69) is 36.1 Å². The second-order valence-corrected chi connectivity index (χ2v) is 6.18. The lowest BCUT2D eigenvalue weighted by molar-refractivity contribution is 0.512. The Morgan fingerprint density at radius 2 is 2.05 bits per heavy atom. The molecule has 20 heavy (non-hydrogen) atoms. The second-order valence-electron chi connectivity index (χ2n) is 5.82. The summed E-state index contributed by atoms with van der Waals surface area (Å²) in [6.07, 6.45) is 2.48. The molecule has 0 unspecified atom stereocenters. The van der Waals surface area contributed by atoms with Gasteiger partial charge in [0.05, 0.1) is 6.26 Å². The molecular formula is C15H20ClN3O. The van der Waals surface area contributed by atoms with Crippen LogP contribution < -0.4 is 5.32 Å². The van der Waals surface area contributed by atoms with E-state index in [1.165, 1.54) is 0 Å². The van der Waals surface area contributed by atoms with Gasteiger partial charge in [-0.15, -0.1) is 0 Å².